The molecule has 0 aliphatic rings. The monoisotopic (exact) mass is 382 g/mol. The molecule has 0 aliphatic carbocycles. The van der Waals surface area contributed by atoms with Gasteiger partial charge < -0.3 is 20.7 Å². The summed E-state index contributed by atoms with van der Waals surface area (Å²) < 4.78 is 5.37. The minimum atomic E-state index is -0.0464. The summed E-state index contributed by atoms with van der Waals surface area (Å²) in [6.07, 6.45) is 0.904. The standard InChI is InChI=1S/C22H30N4O2/c1-5-16(2)26-21(27)18-11-8-9-17(13-18)14-24-22(23-3)25-15-19-10-6-7-12-20(19)28-4/h6-13,16H,5,14-15H2,1-4H3,(H,26,27)(H2,23,24,25). The predicted molar refractivity (Wildman–Crippen MR) is 114 cm³/mol. The number of benzene rings is 2. The van der Waals surface area contributed by atoms with Crippen LogP contribution in [0.1, 0.15) is 41.8 Å². The zero-order chi connectivity index (χ0) is 20.4. The highest BCUT2D eigenvalue weighted by Crippen LogP contribution is 2.16. The van der Waals surface area contributed by atoms with Crippen LogP contribution in [-0.4, -0.2) is 32.1 Å². The Morgan fingerprint density at radius 2 is 1.86 bits per heavy atom. The van der Waals surface area contributed by atoms with Crippen molar-refractivity contribution in [2.75, 3.05) is 14.2 Å². The first-order valence-electron chi connectivity index (χ1n) is 9.53. The van der Waals surface area contributed by atoms with Gasteiger partial charge in [-0.2, -0.15) is 0 Å². The van der Waals surface area contributed by atoms with E-state index >= 15 is 0 Å². The summed E-state index contributed by atoms with van der Waals surface area (Å²) in [5.74, 6) is 1.47. The van der Waals surface area contributed by atoms with Gasteiger partial charge in [0.25, 0.3) is 5.91 Å². The summed E-state index contributed by atoms with van der Waals surface area (Å²) in [5, 5.41) is 9.55. The molecule has 0 saturated carbocycles. The number of guanidine groups is 1. The van der Waals surface area contributed by atoms with E-state index in [0.717, 1.165) is 23.3 Å². The number of rotatable bonds is 8. The van der Waals surface area contributed by atoms with Gasteiger partial charge >= 0.3 is 0 Å². The SMILES string of the molecule is CCC(C)NC(=O)c1cccc(CNC(=NC)NCc2ccccc2OC)c1. The summed E-state index contributed by atoms with van der Waals surface area (Å²) in [7, 11) is 3.39. The van der Waals surface area contributed by atoms with Crippen LogP contribution in [0, 0.1) is 0 Å². The van der Waals surface area contributed by atoms with Gasteiger partial charge in [0.15, 0.2) is 5.96 Å². The molecule has 0 aromatic heterocycles. The number of hydrogen-bond donors (Lipinski definition) is 3. The lowest BCUT2D eigenvalue weighted by Crippen LogP contribution is -2.36. The van der Waals surface area contributed by atoms with Crippen molar-refractivity contribution in [3.05, 3.63) is 65.2 Å². The van der Waals surface area contributed by atoms with E-state index in [4.69, 9.17) is 4.74 Å². The number of aliphatic imine (C=N–C) groups is 1. The van der Waals surface area contributed by atoms with Crippen LogP contribution in [-0.2, 0) is 13.1 Å². The van der Waals surface area contributed by atoms with Crippen LogP contribution < -0.4 is 20.7 Å². The van der Waals surface area contributed by atoms with Gasteiger partial charge in [-0.3, -0.25) is 9.79 Å². The number of para-hydroxylation sites is 1. The van der Waals surface area contributed by atoms with Crippen molar-refractivity contribution >= 4 is 11.9 Å². The third-order valence-electron chi connectivity index (χ3n) is 4.50. The molecule has 2 aromatic rings. The van der Waals surface area contributed by atoms with Gasteiger partial charge in [0, 0.05) is 37.3 Å². The number of amides is 1. The third-order valence-corrected chi connectivity index (χ3v) is 4.50. The van der Waals surface area contributed by atoms with E-state index in [2.05, 4.69) is 27.9 Å². The van der Waals surface area contributed by atoms with Crippen molar-refractivity contribution in [3.63, 3.8) is 0 Å². The van der Waals surface area contributed by atoms with Gasteiger partial charge in [-0.1, -0.05) is 37.3 Å². The van der Waals surface area contributed by atoms with E-state index in [0.29, 0.717) is 24.6 Å². The molecule has 0 fully saturated rings. The summed E-state index contributed by atoms with van der Waals surface area (Å²) >= 11 is 0. The second-order valence-corrected chi connectivity index (χ2v) is 6.57. The summed E-state index contributed by atoms with van der Waals surface area (Å²) in [6, 6.07) is 15.6. The maximum absolute atomic E-state index is 12.3. The molecule has 0 heterocycles. The lowest BCUT2D eigenvalue weighted by atomic mass is 10.1. The molecule has 0 spiro atoms. The van der Waals surface area contributed by atoms with Crippen molar-refractivity contribution in [2.24, 2.45) is 4.99 Å². The van der Waals surface area contributed by atoms with Crippen molar-refractivity contribution in [2.45, 2.75) is 39.4 Å². The number of hydrogen-bond acceptors (Lipinski definition) is 3. The molecular weight excluding hydrogens is 352 g/mol. The minimum Gasteiger partial charge on any atom is -0.496 e. The van der Waals surface area contributed by atoms with Gasteiger partial charge in [-0.25, -0.2) is 0 Å². The van der Waals surface area contributed by atoms with E-state index in [1.165, 1.54) is 0 Å². The Morgan fingerprint density at radius 1 is 1.11 bits per heavy atom. The van der Waals surface area contributed by atoms with Crippen LogP contribution >= 0.6 is 0 Å². The maximum Gasteiger partial charge on any atom is 0.251 e. The molecule has 1 atom stereocenters. The molecule has 0 radical (unpaired) electrons. The van der Waals surface area contributed by atoms with Crippen LogP contribution in [0.2, 0.25) is 0 Å². The molecule has 2 aromatic carbocycles. The van der Waals surface area contributed by atoms with Crippen LogP contribution in [0.25, 0.3) is 0 Å². The molecule has 0 saturated heterocycles. The van der Waals surface area contributed by atoms with Crippen LogP contribution in [0.15, 0.2) is 53.5 Å². The second kappa shape index (κ2) is 11.0. The van der Waals surface area contributed by atoms with E-state index in [9.17, 15) is 4.79 Å². The highest BCUT2D eigenvalue weighted by molar-refractivity contribution is 5.94. The first kappa shape index (κ1) is 21.3. The van der Waals surface area contributed by atoms with Crippen molar-refractivity contribution in [1.82, 2.24) is 16.0 Å². The van der Waals surface area contributed by atoms with Crippen molar-refractivity contribution in [1.29, 1.82) is 0 Å². The second-order valence-electron chi connectivity index (χ2n) is 6.57. The minimum absolute atomic E-state index is 0.0464. The predicted octanol–water partition coefficient (Wildman–Crippen LogP) is 3.09. The smallest absolute Gasteiger partial charge is 0.251 e. The largest absolute Gasteiger partial charge is 0.496 e. The lowest BCUT2D eigenvalue weighted by molar-refractivity contribution is 0.0939. The third kappa shape index (κ3) is 6.30. The molecule has 0 bridgehead atoms. The number of methoxy groups -OCH3 is 1. The van der Waals surface area contributed by atoms with Gasteiger partial charge in [-0.05, 0) is 37.1 Å². The number of nitrogens with one attached hydrogen (secondary N) is 3. The average Bonchev–Trinajstić information content (AvgIpc) is 2.74. The Kier molecular flexibility index (Phi) is 8.34. The Balaban J connectivity index is 1.93. The molecule has 0 aliphatic heterocycles. The zero-order valence-corrected chi connectivity index (χ0v) is 17.1. The molecule has 150 valence electrons. The normalized spacial score (nSPS) is 12.2. The van der Waals surface area contributed by atoms with Gasteiger partial charge in [0.2, 0.25) is 0 Å². The molecule has 28 heavy (non-hydrogen) atoms. The van der Waals surface area contributed by atoms with Gasteiger partial charge in [-0.15, -0.1) is 0 Å². The Labute approximate surface area is 167 Å². The number of nitrogens with zero attached hydrogens (tertiary/aromatic N) is 1. The topological polar surface area (TPSA) is 74.8 Å². The van der Waals surface area contributed by atoms with Crippen LogP contribution in [0.4, 0.5) is 0 Å². The fraction of sp³-hybridized carbons (Fsp3) is 0.364. The van der Waals surface area contributed by atoms with Crippen LogP contribution in [0.3, 0.4) is 0 Å². The maximum atomic E-state index is 12.3. The van der Waals surface area contributed by atoms with Gasteiger partial charge in [0.05, 0.1) is 7.11 Å². The zero-order valence-electron chi connectivity index (χ0n) is 17.1. The molecular formula is C22H30N4O2. The molecule has 6 heteroatoms. The lowest BCUT2D eigenvalue weighted by Gasteiger charge is -2.14. The average molecular weight is 383 g/mol. The fourth-order valence-electron chi connectivity index (χ4n) is 2.67. The summed E-state index contributed by atoms with van der Waals surface area (Å²) in [5.41, 5.74) is 2.73. The number of carbonyl (C=O) groups is 1. The highest BCUT2D eigenvalue weighted by Gasteiger charge is 2.09. The van der Waals surface area contributed by atoms with Gasteiger partial charge in [0.1, 0.15) is 5.75 Å². The first-order valence-corrected chi connectivity index (χ1v) is 9.53. The summed E-state index contributed by atoms with van der Waals surface area (Å²) in [4.78, 5) is 16.6. The Hall–Kier alpha value is -3.02. The number of carbonyl (C=O) groups excluding carboxylic acids is 1. The fourth-order valence-corrected chi connectivity index (χ4v) is 2.67. The van der Waals surface area contributed by atoms with E-state index < -0.39 is 0 Å². The van der Waals surface area contributed by atoms with Crippen LogP contribution in [0.5, 0.6) is 5.75 Å². The first-order chi connectivity index (χ1) is 13.6. The van der Waals surface area contributed by atoms with E-state index in [1.807, 2.05) is 55.5 Å². The Morgan fingerprint density at radius 3 is 2.57 bits per heavy atom. The molecule has 2 rings (SSSR count). The van der Waals surface area contributed by atoms with Crippen molar-refractivity contribution < 1.29 is 9.53 Å². The molecule has 1 amide bonds. The Bertz CT molecular complexity index is 805. The number of ether oxygens (including phenoxy) is 1. The molecule has 6 nitrogen and oxygen atoms in total. The molecule has 3 N–H and O–H groups in total. The highest BCUT2D eigenvalue weighted by atomic mass is 16.5. The summed E-state index contributed by atoms with van der Waals surface area (Å²) in [6.45, 7) is 5.21. The molecule has 1 unspecified atom stereocenters. The van der Waals surface area contributed by atoms with Crippen molar-refractivity contribution in [3.8, 4) is 5.75 Å². The quantitative estimate of drug-likeness (QED) is 0.484. The van der Waals surface area contributed by atoms with E-state index in [1.54, 1.807) is 14.2 Å². The van der Waals surface area contributed by atoms with E-state index in [-0.39, 0.29) is 11.9 Å².